The van der Waals surface area contributed by atoms with Crippen LogP contribution in [0.5, 0.6) is 0 Å². The van der Waals surface area contributed by atoms with Crippen molar-refractivity contribution in [2.75, 3.05) is 19.7 Å². The zero-order valence-electron chi connectivity index (χ0n) is 12.2. The van der Waals surface area contributed by atoms with Crippen molar-refractivity contribution in [1.82, 2.24) is 10.2 Å². The van der Waals surface area contributed by atoms with Crippen LogP contribution < -0.4 is 10.5 Å². The van der Waals surface area contributed by atoms with Gasteiger partial charge in [-0.25, -0.2) is 13.6 Å². The maximum Gasteiger partial charge on any atom is 0.311 e. The number of carbonyl (C=O) groups excluding carboxylic acids is 2. The largest absolute Gasteiger partial charge is 0.395 e. The van der Waals surface area contributed by atoms with Crippen LogP contribution in [0.15, 0.2) is 29.2 Å². The second-order valence-corrected chi connectivity index (χ2v) is 6.04. The third-order valence-corrected chi connectivity index (χ3v) is 3.87. The molecular formula is C13H19N3O5S. The molecule has 0 bridgehead atoms. The minimum atomic E-state index is -3.76. The number of sulfonamides is 1. The Labute approximate surface area is 129 Å². The van der Waals surface area contributed by atoms with Gasteiger partial charge in [0.2, 0.25) is 10.0 Å². The van der Waals surface area contributed by atoms with Crippen LogP contribution in [-0.2, 0) is 26.2 Å². The molecule has 0 atom stereocenters. The number of nitrogens with zero attached hydrogens (tertiary/aromatic N) is 1. The number of aliphatic hydroxyl groups excluding tert-OH is 1. The average molecular weight is 329 g/mol. The lowest BCUT2D eigenvalue weighted by atomic mass is 10.2. The first-order valence-electron chi connectivity index (χ1n) is 6.59. The zero-order valence-corrected chi connectivity index (χ0v) is 13.0. The standard InChI is InChI=1S/C13H19N3O5S/c1-2-16(7-8-17)13(19)12(18)15-9-10-3-5-11(6-4-10)22(14,20)21/h3-6,17H,2,7-9H2,1H3,(H,15,18)(H2,14,20,21). The van der Waals surface area contributed by atoms with Crippen molar-refractivity contribution in [1.29, 1.82) is 0 Å². The van der Waals surface area contributed by atoms with Gasteiger partial charge in [0, 0.05) is 19.6 Å². The topological polar surface area (TPSA) is 130 Å². The molecule has 122 valence electrons. The minimum Gasteiger partial charge on any atom is -0.395 e. The van der Waals surface area contributed by atoms with Crippen molar-refractivity contribution < 1.29 is 23.1 Å². The van der Waals surface area contributed by atoms with Gasteiger partial charge in [0.1, 0.15) is 0 Å². The first-order chi connectivity index (χ1) is 10.3. The van der Waals surface area contributed by atoms with Crippen molar-refractivity contribution in [3.8, 4) is 0 Å². The van der Waals surface area contributed by atoms with Gasteiger partial charge in [0.25, 0.3) is 0 Å². The summed E-state index contributed by atoms with van der Waals surface area (Å²) in [6.07, 6.45) is 0. The molecule has 0 radical (unpaired) electrons. The molecule has 2 amide bonds. The van der Waals surface area contributed by atoms with E-state index in [1.165, 1.54) is 29.2 Å². The van der Waals surface area contributed by atoms with E-state index in [1.54, 1.807) is 6.92 Å². The van der Waals surface area contributed by atoms with Crippen molar-refractivity contribution in [3.63, 3.8) is 0 Å². The molecule has 0 aromatic heterocycles. The smallest absolute Gasteiger partial charge is 0.311 e. The molecule has 0 aliphatic carbocycles. The highest BCUT2D eigenvalue weighted by Crippen LogP contribution is 2.08. The number of nitrogens with two attached hydrogens (primary N) is 1. The number of hydrogen-bond acceptors (Lipinski definition) is 5. The summed E-state index contributed by atoms with van der Waals surface area (Å²) in [5, 5.41) is 16.2. The minimum absolute atomic E-state index is 0.0289. The van der Waals surface area contributed by atoms with Crippen LogP contribution in [-0.4, -0.2) is 49.9 Å². The summed E-state index contributed by atoms with van der Waals surface area (Å²) in [5.41, 5.74) is 0.624. The fourth-order valence-corrected chi connectivity index (χ4v) is 2.24. The molecule has 0 aliphatic rings. The Balaban J connectivity index is 2.62. The third-order valence-electron chi connectivity index (χ3n) is 2.94. The van der Waals surface area contributed by atoms with Gasteiger partial charge in [0.05, 0.1) is 11.5 Å². The van der Waals surface area contributed by atoms with E-state index in [9.17, 15) is 18.0 Å². The highest BCUT2D eigenvalue weighted by Gasteiger charge is 2.19. The molecule has 0 saturated heterocycles. The maximum absolute atomic E-state index is 11.8. The van der Waals surface area contributed by atoms with Crippen molar-refractivity contribution in [3.05, 3.63) is 29.8 Å². The summed E-state index contributed by atoms with van der Waals surface area (Å²) >= 11 is 0. The first-order valence-corrected chi connectivity index (χ1v) is 8.14. The van der Waals surface area contributed by atoms with Crippen molar-refractivity contribution >= 4 is 21.8 Å². The normalized spacial score (nSPS) is 11.0. The monoisotopic (exact) mass is 329 g/mol. The summed E-state index contributed by atoms with van der Waals surface area (Å²) in [7, 11) is -3.76. The SMILES string of the molecule is CCN(CCO)C(=O)C(=O)NCc1ccc(S(N)(=O)=O)cc1. The molecule has 1 aromatic carbocycles. The number of nitrogens with one attached hydrogen (secondary N) is 1. The summed E-state index contributed by atoms with van der Waals surface area (Å²) < 4.78 is 22.2. The van der Waals surface area contributed by atoms with Crippen LogP contribution in [0, 0.1) is 0 Å². The quantitative estimate of drug-likeness (QED) is 0.564. The average Bonchev–Trinajstić information content (AvgIpc) is 2.49. The number of carbonyl (C=O) groups is 2. The Bertz CT molecular complexity index is 628. The van der Waals surface area contributed by atoms with Gasteiger partial charge >= 0.3 is 11.8 Å². The van der Waals surface area contributed by atoms with E-state index >= 15 is 0 Å². The Morgan fingerprint density at radius 2 is 1.86 bits per heavy atom. The van der Waals surface area contributed by atoms with E-state index < -0.39 is 21.8 Å². The molecule has 0 unspecified atom stereocenters. The van der Waals surface area contributed by atoms with Crippen LogP contribution in [0.3, 0.4) is 0 Å². The predicted octanol–water partition coefficient (Wildman–Crippen LogP) is -1.21. The molecule has 0 heterocycles. The second kappa shape index (κ2) is 7.87. The highest BCUT2D eigenvalue weighted by molar-refractivity contribution is 7.89. The van der Waals surface area contributed by atoms with Gasteiger partial charge in [-0.05, 0) is 24.6 Å². The van der Waals surface area contributed by atoms with E-state index in [1.807, 2.05) is 0 Å². The van der Waals surface area contributed by atoms with Gasteiger partial charge in [-0.2, -0.15) is 0 Å². The molecule has 1 rings (SSSR count). The lowest BCUT2D eigenvalue weighted by molar-refractivity contribution is -0.146. The zero-order chi connectivity index (χ0) is 16.8. The molecule has 0 saturated carbocycles. The molecule has 8 nitrogen and oxygen atoms in total. The molecule has 4 N–H and O–H groups in total. The molecule has 22 heavy (non-hydrogen) atoms. The molecule has 0 spiro atoms. The number of aliphatic hydroxyl groups is 1. The van der Waals surface area contributed by atoms with E-state index in [2.05, 4.69) is 5.32 Å². The van der Waals surface area contributed by atoms with Crippen molar-refractivity contribution in [2.24, 2.45) is 5.14 Å². The summed E-state index contributed by atoms with van der Waals surface area (Å²) in [5.74, 6) is -1.51. The van der Waals surface area contributed by atoms with Gasteiger partial charge in [-0.3, -0.25) is 9.59 Å². The van der Waals surface area contributed by atoms with E-state index in [0.717, 1.165) is 0 Å². The lowest BCUT2D eigenvalue weighted by Crippen LogP contribution is -2.43. The Morgan fingerprint density at radius 3 is 2.32 bits per heavy atom. The molecule has 0 aliphatic heterocycles. The van der Waals surface area contributed by atoms with Crippen LogP contribution in [0.1, 0.15) is 12.5 Å². The predicted molar refractivity (Wildman–Crippen MR) is 79.0 cm³/mol. The van der Waals surface area contributed by atoms with Gasteiger partial charge in [-0.15, -0.1) is 0 Å². The Hall–Kier alpha value is -1.97. The van der Waals surface area contributed by atoms with Crippen molar-refractivity contribution in [2.45, 2.75) is 18.4 Å². The van der Waals surface area contributed by atoms with E-state index in [-0.39, 0.29) is 24.6 Å². The summed E-state index contributed by atoms with van der Waals surface area (Å²) in [4.78, 5) is 24.7. The van der Waals surface area contributed by atoms with E-state index in [0.29, 0.717) is 12.1 Å². The van der Waals surface area contributed by atoms with Gasteiger partial charge in [0.15, 0.2) is 0 Å². The number of primary sulfonamides is 1. The van der Waals surface area contributed by atoms with Gasteiger partial charge in [-0.1, -0.05) is 12.1 Å². The maximum atomic E-state index is 11.8. The number of likely N-dealkylation sites (N-methyl/N-ethyl adjacent to an activating group) is 1. The molecule has 0 fully saturated rings. The van der Waals surface area contributed by atoms with Crippen LogP contribution >= 0.6 is 0 Å². The number of rotatable bonds is 6. The molecular weight excluding hydrogens is 310 g/mol. The molecule has 9 heteroatoms. The van der Waals surface area contributed by atoms with Crippen LogP contribution in [0.2, 0.25) is 0 Å². The summed E-state index contributed by atoms with van der Waals surface area (Å²) in [6, 6.07) is 5.64. The van der Waals surface area contributed by atoms with E-state index in [4.69, 9.17) is 10.2 Å². The Morgan fingerprint density at radius 1 is 1.27 bits per heavy atom. The number of benzene rings is 1. The Kier molecular flexibility index (Phi) is 6.47. The summed E-state index contributed by atoms with van der Waals surface area (Å²) in [6.45, 7) is 1.96. The lowest BCUT2D eigenvalue weighted by Gasteiger charge is -2.18. The van der Waals surface area contributed by atoms with Crippen LogP contribution in [0.4, 0.5) is 0 Å². The van der Waals surface area contributed by atoms with Gasteiger partial charge < -0.3 is 15.3 Å². The fourth-order valence-electron chi connectivity index (χ4n) is 1.72. The second-order valence-electron chi connectivity index (χ2n) is 4.48. The number of hydrogen-bond donors (Lipinski definition) is 3. The molecule has 1 aromatic rings. The van der Waals surface area contributed by atoms with Crippen LogP contribution in [0.25, 0.3) is 0 Å². The first kappa shape index (κ1) is 18.1. The third kappa shape index (κ3) is 5.10. The fraction of sp³-hybridized carbons (Fsp3) is 0.385. The highest BCUT2D eigenvalue weighted by atomic mass is 32.2. The number of amides is 2.